The van der Waals surface area contributed by atoms with Crippen LogP contribution in [0.3, 0.4) is 0 Å². The van der Waals surface area contributed by atoms with Gasteiger partial charge in [0.05, 0.1) is 5.39 Å². The number of carbonyl (C=O) groups is 1. The number of aromatic nitrogens is 3. The number of piperidine rings is 2. The number of rotatable bonds is 5. The van der Waals surface area contributed by atoms with Gasteiger partial charge in [-0.3, -0.25) is 4.79 Å². The first kappa shape index (κ1) is 22.1. The van der Waals surface area contributed by atoms with Gasteiger partial charge in [0, 0.05) is 55.3 Å². The molecule has 2 aliphatic rings. The smallest absolute Gasteiger partial charge is 0.223 e. The van der Waals surface area contributed by atoms with Crippen LogP contribution in [0, 0.1) is 19.8 Å². The third-order valence-corrected chi connectivity index (χ3v) is 8.20. The molecule has 2 saturated heterocycles. The highest BCUT2D eigenvalue weighted by molar-refractivity contribution is 7.18. The van der Waals surface area contributed by atoms with E-state index in [1.807, 2.05) is 12.3 Å². The molecule has 0 unspecified atom stereocenters. The highest BCUT2D eigenvalue weighted by Gasteiger charge is 2.27. The van der Waals surface area contributed by atoms with Crippen LogP contribution >= 0.6 is 11.3 Å². The summed E-state index contributed by atoms with van der Waals surface area (Å²) in [5, 5.41) is 4.37. The highest BCUT2D eigenvalue weighted by atomic mass is 32.1. The Morgan fingerprint density at radius 2 is 1.79 bits per heavy atom. The molecule has 1 N–H and O–H groups in total. The molecule has 174 valence electrons. The molecule has 3 aromatic heterocycles. The molecule has 8 heteroatoms. The molecule has 0 radical (unpaired) electrons. The molecule has 2 fully saturated rings. The van der Waals surface area contributed by atoms with Crippen LogP contribution in [0.1, 0.15) is 48.1 Å². The van der Waals surface area contributed by atoms with E-state index >= 15 is 0 Å². The van der Waals surface area contributed by atoms with Crippen molar-refractivity contribution in [2.75, 3.05) is 36.0 Å². The highest BCUT2D eigenvalue weighted by Crippen LogP contribution is 2.35. The number of carbonyl (C=O) groups excluding carboxylic acids is 1. The summed E-state index contributed by atoms with van der Waals surface area (Å²) in [5.74, 6) is 2.24. The van der Waals surface area contributed by atoms with Crippen molar-refractivity contribution in [2.45, 2.75) is 52.5 Å². The van der Waals surface area contributed by atoms with Crippen LogP contribution in [0.15, 0.2) is 24.7 Å². The van der Waals surface area contributed by atoms with Crippen molar-refractivity contribution in [2.24, 2.45) is 5.92 Å². The molecule has 0 spiro atoms. The number of hydrogen-bond acceptors (Lipinski definition) is 7. The standard InChI is InChI=1S/C25H32N6OS/c1-17-18(2)33-25-21(17)23(28-16-29-25)31-13-8-19(9-14-31)24(32)27-15-20-7-6-10-26-22(20)30-11-4-3-5-12-30/h6-7,10,16,19H,3-5,8-9,11-15H2,1-2H3,(H,27,32). The molecule has 0 aliphatic carbocycles. The predicted molar refractivity (Wildman–Crippen MR) is 134 cm³/mol. The molecule has 0 atom stereocenters. The van der Waals surface area contributed by atoms with Crippen LogP contribution in [0.5, 0.6) is 0 Å². The Hall–Kier alpha value is -2.74. The van der Waals surface area contributed by atoms with E-state index in [2.05, 4.69) is 50.0 Å². The molecule has 2 aliphatic heterocycles. The summed E-state index contributed by atoms with van der Waals surface area (Å²) >= 11 is 1.73. The Kier molecular flexibility index (Phi) is 6.44. The average Bonchev–Trinajstić information content (AvgIpc) is 3.16. The Bertz CT molecular complexity index is 1130. The van der Waals surface area contributed by atoms with Crippen molar-refractivity contribution in [1.29, 1.82) is 0 Å². The number of hydrogen-bond donors (Lipinski definition) is 1. The second kappa shape index (κ2) is 9.63. The van der Waals surface area contributed by atoms with Crippen molar-refractivity contribution in [1.82, 2.24) is 20.3 Å². The monoisotopic (exact) mass is 464 g/mol. The van der Waals surface area contributed by atoms with Gasteiger partial charge in [0.25, 0.3) is 0 Å². The maximum absolute atomic E-state index is 13.0. The quantitative estimate of drug-likeness (QED) is 0.609. The SMILES string of the molecule is Cc1sc2ncnc(N3CCC(C(=O)NCc4cccnc4N4CCCCC4)CC3)c2c1C. The summed E-state index contributed by atoms with van der Waals surface area (Å²) in [6.45, 7) is 8.61. The van der Waals surface area contributed by atoms with Crippen LogP contribution in [-0.2, 0) is 11.3 Å². The Morgan fingerprint density at radius 3 is 2.58 bits per heavy atom. The predicted octanol–water partition coefficient (Wildman–Crippen LogP) is 4.23. The van der Waals surface area contributed by atoms with Gasteiger partial charge >= 0.3 is 0 Å². The summed E-state index contributed by atoms with van der Waals surface area (Å²) < 4.78 is 0. The maximum atomic E-state index is 13.0. The Labute approximate surface area is 199 Å². The fraction of sp³-hybridized carbons (Fsp3) is 0.520. The van der Waals surface area contributed by atoms with Crippen LogP contribution in [0.2, 0.25) is 0 Å². The molecule has 5 heterocycles. The summed E-state index contributed by atoms with van der Waals surface area (Å²) in [5.41, 5.74) is 2.38. The van der Waals surface area contributed by atoms with Crippen LogP contribution in [-0.4, -0.2) is 47.0 Å². The van der Waals surface area contributed by atoms with Crippen LogP contribution in [0.25, 0.3) is 10.2 Å². The second-order valence-corrected chi connectivity index (χ2v) is 10.4. The maximum Gasteiger partial charge on any atom is 0.223 e. The van der Waals surface area contributed by atoms with Gasteiger partial charge in [-0.05, 0) is 57.6 Å². The lowest BCUT2D eigenvalue weighted by Gasteiger charge is -2.33. The van der Waals surface area contributed by atoms with Gasteiger partial charge in [0.2, 0.25) is 5.91 Å². The van der Waals surface area contributed by atoms with E-state index in [1.54, 1.807) is 17.7 Å². The average molecular weight is 465 g/mol. The molecule has 33 heavy (non-hydrogen) atoms. The number of nitrogens with one attached hydrogen (secondary N) is 1. The molecule has 0 saturated carbocycles. The molecular weight excluding hydrogens is 432 g/mol. The number of anilines is 2. The van der Waals surface area contributed by atoms with Crippen molar-refractivity contribution >= 4 is 39.1 Å². The first-order chi connectivity index (χ1) is 16.1. The van der Waals surface area contributed by atoms with Gasteiger partial charge in [-0.25, -0.2) is 15.0 Å². The third-order valence-electron chi connectivity index (χ3n) is 7.09. The molecule has 3 aromatic rings. The van der Waals surface area contributed by atoms with Gasteiger partial charge in [-0.2, -0.15) is 0 Å². The van der Waals surface area contributed by atoms with E-state index < -0.39 is 0 Å². The lowest BCUT2D eigenvalue weighted by atomic mass is 9.95. The van der Waals surface area contributed by atoms with Gasteiger partial charge < -0.3 is 15.1 Å². The topological polar surface area (TPSA) is 74.2 Å². The zero-order chi connectivity index (χ0) is 22.8. The largest absolute Gasteiger partial charge is 0.356 e. The van der Waals surface area contributed by atoms with Crippen molar-refractivity contribution in [3.8, 4) is 0 Å². The Morgan fingerprint density at radius 1 is 1.03 bits per heavy atom. The number of pyridine rings is 1. The van der Waals surface area contributed by atoms with Crippen LogP contribution in [0.4, 0.5) is 11.6 Å². The van der Waals surface area contributed by atoms with E-state index in [0.29, 0.717) is 6.54 Å². The van der Waals surface area contributed by atoms with Crippen molar-refractivity contribution in [3.63, 3.8) is 0 Å². The zero-order valence-electron chi connectivity index (χ0n) is 19.5. The molecule has 0 bridgehead atoms. The molecular formula is C25H32N6OS. The van der Waals surface area contributed by atoms with Crippen molar-refractivity contribution in [3.05, 3.63) is 40.7 Å². The minimum atomic E-state index is 0.0407. The lowest BCUT2D eigenvalue weighted by molar-refractivity contribution is -0.125. The fourth-order valence-electron chi connectivity index (χ4n) is 5.04. The van der Waals surface area contributed by atoms with Gasteiger partial charge in [0.15, 0.2) is 0 Å². The summed E-state index contributed by atoms with van der Waals surface area (Å²) in [6, 6.07) is 4.05. The lowest BCUT2D eigenvalue weighted by Crippen LogP contribution is -2.41. The summed E-state index contributed by atoms with van der Waals surface area (Å²) in [4.78, 5) is 33.7. The minimum absolute atomic E-state index is 0.0407. The van der Waals surface area contributed by atoms with E-state index in [1.165, 1.54) is 35.1 Å². The minimum Gasteiger partial charge on any atom is -0.356 e. The van der Waals surface area contributed by atoms with Gasteiger partial charge in [-0.15, -0.1) is 11.3 Å². The second-order valence-electron chi connectivity index (χ2n) is 9.17. The fourth-order valence-corrected chi connectivity index (χ4v) is 6.03. The first-order valence-corrected chi connectivity index (χ1v) is 12.9. The molecule has 0 aromatic carbocycles. The number of nitrogens with zero attached hydrogens (tertiary/aromatic N) is 5. The van der Waals surface area contributed by atoms with Gasteiger partial charge in [0.1, 0.15) is 22.8 Å². The number of fused-ring (bicyclic) bond motifs is 1. The summed E-state index contributed by atoms with van der Waals surface area (Å²) in [7, 11) is 0. The summed E-state index contributed by atoms with van der Waals surface area (Å²) in [6.07, 6.45) is 8.91. The molecule has 7 nitrogen and oxygen atoms in total. The van der Waals surface area contributed by atoms with Crippen molar-refractivity contribution < 1.29 is 4.79 Å². The number of amides is 1. The Balaban J connectivity index is 1.20. The van der Waals surface area contributed by atoms with E-state index in [0.717, 1.165) is 61.1 Å². The number of thiophene rings is 1. The normalized spacial score (nSPS) is 17.5. The van der Waals surface area contributed by atoms with Gasteiger partial charge in [-0.1, -0.05) is 6.07 Å². The van der Waals surface area contributed by atoms with E-state index in [-0.39, 0.29) is 11.8 Å². The molecule has 1 amide bonds. The first-order valence-electron chi connectivity index (χ1n) is 12.0. The zero-order valence-corrected chi connectivity index (χ0v) is 20.3. The number of aryl methyl sites for hydroxylation is 2. The third kappa shape index (κ3) is 4.53. The van der Waals surface area contributed by atoms with E-state index in [9.17, 15) is 4.79 Å². The van der Waals surface area contributed by atoms with E-state index in [4.69, 9.17) is 0 Å². The van der Waals surface area contributed by atoms with Crippen LogP contribution < -0.4 is 15.1 Å². The molecule has 5 rings (SSSR count).